The van der Waals surface area contributed by atoms with Crippen LogP contribution in [0.25, 0.3) is 5.69 Å². The minimum absolute atomic E-state index is 0.541. The Labute approximate surface area is 108 Å². The van der Waals surface area contributed by atoms with Gasteiger partial charge in [0.25, 0.3) is 0 Å². The third-order valence-electron chi connectivity index (χ3n) is 2.61. The van der Waals surface area contributed by atoms with Crippen molar-refractivity contribution in [3.8, 4) is 5.69 Å². The van der Waals surface area contributed by atoms with E-state index in [0.29, 0.717) is 12.2 Å². The van der Waals surface area contributed by atoms with Crippen LogP contribution in [0.3, 0.4) is 0 Å². The first-order valence-electron chi connectivity index (χ1n) is 5.78. The van der Waals surface area contributed by atoms with Gasteiger partial charge in [-0.3, -0.25) is 4.98 Å². The number of pyridine rings is 1. The molecular weight excluding hydrogens is 257 g/mol. The van der Waals surface area contributed by atoms with E-state index in [-0.39, 0.29) is 0 Å². The van der Waals surface area contributed by atoms with Gasteiger partial charge < -0.3 is 5.32 Å². The molecule has 0 fully saturated rings. The first-order chi connectivity index (χ1) is 9.02. The molecule has 2 rings (SSSR count). The maximum absolute atomic E-state index is 12.5. The summed E-state index contributed by atoms with van der Waals surface area (Å²) < 4.78 is 38.8. The summed E-state index contributed by atoms with van der Waals surface area (Å²) in [6.07, 6.45) is 0.489. The number of nitrogens with one attached hydrogen (secondary N) is 1. The fraction of sp³-hybridized carbons (Fsp3) is 0.333. The summed E-state index contributed by atoms with van der Waals surface area (Å²) in [6, 6.07) is 1.76. The van der Waals surface area contributed by atoms with Gasteiger partial charge in [-0.15, -0.1) is 0 Å². The van der Waals surface area contributed by atoms with Gasteiger partial charge in [0.15, 0.2) is 0 Å². The van der Waals surface area contributed by atoms with Crippen molar-refractivity contribution < 1.29 is 13.2 Å². The van der Waals surface area contributed by atoms with Crippen molar-refractivity contribution in [3.05, 3.63) is 42.0 Å². The summed E-state index contributed by atoms with van der Waals surface area (Å²) in [7, 11) is 0. The van der Waals surface area contributed by atoms with Crippen molar-refractivity contribution in [1.82, 2.24) is 20.1 Å². The Bertz CT molecular complexity index is 548. The molecule has 4 nitrogen and oxygen atoms in total. The summed E-state index contributed by atoms with van der Waals surface area (Å²) in [5.74, 6) is 0. The predicted octanol–water partition coefficient (Wildman–Crippen LogP) is 2.40. The van der Waals surface area contributed by atoms with Crippen LogP contribution in [-0.2, 0) is 12.7 Å². The summed E-state index contributed by atoms with van der Waals surface area (Å²) in [6.45, 7) is 3.28. The summed E-state index contributed by atoms with van der Waals surface area (Å²) >= 11 is 0. The highest BCUT2D eigenvalue weighted by Gasteiger charge is 2.32. The van der Waals surface area contributed by atoms with E-state index in [9.17, 15) is 13.2 Å². The van der Waals surface area contributed by atoms with E-state index in [1.165, 1.54) is 10.9 Å². The van der Waals surface area contributed by atoms with E-state index >= 15 is 0 Å². The lowest BCUT2D eigenvalue weighted by molar-refractivity contribution is -0.137. The average molecular weight is 270 g/mol. The fourth-order valence-corrected chi connectivity index (χ4v) is 1.63. The number of rotatable bonds is 4. The van der Waals surface area contributed by atoms with Gasteiger partial charge in [0.05, 0.1) is 23.6 Å². The molecule has 0 amide bonds. The van der Waals surface area contributed by atoms with Gasteiger partial charge in [0.1, 0.15) is 0 Å². The van der Waals surface area contributed by atoms with Gasteiger partial charge in [-0.05, 0) is 18.2 Å². The quantitative estimate of drug-likeness (QED) is 0.927. The monoisotopic (exact) mass is 270 g/mol. The Morgan fingerprint density at radius 1 is 1.32 bits per heavy atom. The predicted molar refractivity (Wildman–Crippen MR) is 63.7 cm³/mol. The molecule has 1 N–H and O–H groups in total. The maximum atomic E-state index is 12.5. The molecule has 2 aromatic heterocycles. The SMILES string of the molecule is CCNCc1ccncc1-n1cc(C(F)(F)F)cn1. The van der Waals surface area contributed by atoms with E-state index in [2.05, 4.69) is 15.4 Å². The van der Waals surface area contributed by atoms with Gasteiger partial charge in [-0.2, -0.15) is 18.3 Å². The third kappa shape index (κ3) is 3.11. The summed E-state index contributed by atoms with van der Waals surface area (Å²) in [5, 5.41) is 6.87. The van der Waals surface area contributed by atoms with Crippen LogP contribution < -0.4 is 5.32 Å². The minimum Gasteiger partial charge on any atom is -0.313 e. The summed E-state index contributed by atoms with van der Waals surface area (Å²) in [4.78, 5) is 3.93. The molecule has 0 aliphatic rings. The second kappa shape index (κ2) is 5.40. The highest BCUT2D eigenvalue weighted by Crippen LogP contribution is 2.29. The zero-order valence-electron chi connectivity index (χ0n) is 10.3. The number of hydrogen-bond donors (Lipinski definition) is 1. The first-order valence-corrected chi connectivity index (χ1v) is 5.78. The fourth-order valence-electron chi connectivity index (χ4n) is 1.63. The van der Waals surface area contributed by atoms with Crippen LogP contribution in [0, 0.1) is 0 Å². The minimum atomic E-state index is -4.39. The molecule has 0 aliphatic carbocycles. The van der Waals surface area contributed by atoms with Crippen molar-refractivity contribution in [2.45, 2.75) is 19.6 Å². The standard InChI is InChI=1S/C12H13F3N4/c1-2-16-5-9-3-4-17-7-11(9)19-8-10(6-18-19)12(13,14)15/h3-4,6-8,16H,2,5H2,1H3. The van der Waals surface area contributed by atoms with Crippen molar-refractivity contribution in [3.63, 3.8) is 0 Å². The number of halogens is 3. The molecule has 0 aliphatic heterocycles. The molecule has 0 unspecified atom stereocenters. The van der Waals surface area contributed by atoms with Crippen molar-refractivity contribution in [1.29, 1.82) is 0 Å². The lowest BCUT2D eigenvalue weighted by Gasteiger charge is -2.09. The Morgan fingerprint density at radius 3 is 2.74 bits per heavy atom. The van der Waals surface area contributed by atoms with Crippen LogP contribution in [0.5, 0.6) is 0 Å². The molecule has 0 bridgehead atoms. The van der Waals surface area contributed by atoms with Crippen molar-refractivity contribution in [2.24, 2.45) is 0 Å². The molecule has 0 atom stereocenters. The topological polar surface area (TPSA) is 42.7 Å². The van der Waals surface area contributed by atoms with E-state index < -0.39 is 11.7 Å². The van der Waals surface area contributed by atoms with Crippen LogP contribution in [0.15, 0.2) is 30.9 Å². The molecule has 0 radical (unpaired) electrons. The number of hydrogen-bond acceptors (Lipinski definition) is 3. The van der Waals surface area contributed by atoms with Crippen LogP contribution in [0.2, 0.25) is 0 Å². The summed E-state index contributed by atoms with van der Waals surface area (Å²) in [5.41, 5.74) is 0.610. The Kier molecular flexibility index (Phi) is 3.84. The number of alkyl halides is 3. The van der Waals surface area contributed by atoms with E-state index in [0.717, 1.165) is 24.5 Å². The van der Waals surface area contributed by atoms with Gasteiger partial charge in [0, 0.05) is 18.9 Å². The van der Waals surface area contributed by atoms with Crippen LogP contribution in [0.1, 0.15) is 18.1 Å². The maximum Gasteiger partial charge on any atom is 0.419 e. The molecule has 19 heavy (non-hydrogen) atoms. The van der Waals surface area contributed by atoms with E-state index in [1.807, 2.05) is 6.92 Å². The second-order valence-electron chi connectivity index (χ2n) is 3.96. The van der Waals surface area contributed by atoms with Gasteiger partial charge in [0.2, 0.25) is 0 Å². The molecular formula is C12H13F3N4. The van der Waals surface area contributed by atoms with E-state index in [1.54, 1.807) is 12.3 Å². The van der Waals surface area contributed by atoms with Crippen LogP contribution in [0.4, 0.5) is 13.2 Å². The zero-order chi connectivity index (χ0) is 13.9. The normalized spacial score (nSPS) is 11.8. The zero-order valence-corrected chi connectivity index (χ0v) is 10.3. The molecule has 2 heterocycles. The van der Waals surface area contributed by atoms with E-state index in [4.69, 9.17) is 0 Å². The molecule has 0 aromatic carbocycles. The van der Waals surface area contributed by atoms with Gasteiger partial charge >= 0.3 is 6.18 Å². The molecule has 2 aromatic rings. The largest absolute Gasteiger partial charge is 0.419 e. The molecule has 0 spiro atoms. The first kappa shape index (κ1) is 13.5. The highest BCUT2D eigenvalue weighted by molar-refractivity contribution is 5.38. The van der Waals surface area contributed by atoms with Crippen molar-refractivity contribution in [2.75, 3.05) is 6.54 Å². The number of nitrogens with zero attached hydrogens (tertiary/aromatic N) is 3. The molecule has 7 heteroatoms. The lowest BCUT2D eigenvalue weighted by Crippen LogP contribution is -2.14. The molecule has 0 saturated heterocycles. The second-order valence-corrected chi connectivity index (χ2v) is 3.96. The van der Waals surface area contributed by atoms with Gasteiger partial charge in [-0.1, -0.05) is 6.92 Å². The average Bonchev–Trinajstić information content (AvgIpc) is 2.86. The molecule has 0 saturated carbocycles. The lowest BCUT2D eigenvalue weighted by atomic mass is 10.2. The van der Waals surface area contributed by atoms with Crippen LogP contribution >= 0.6 is 0 Å². The number of aromatic nitrogens is 3. The third-order valence-corrected chi connectivity index (χ3v) is 2.61. The highest BCUT2D eigenvalue weighted by atomic mass is 19.4. The Balaban J connectivity index is 2.33. The van der Waals surface area contributed by atoms with Crippen LogP contribution in [-0.4, -0.2) is 21.3 Å². The van der Waals surface area contributed by atoms with Gasteiger partial charge in [-0.25, -0.2) is 4.68 Å². The smallest absolute Gasteiger partial charge is 0.313 e. The Morgan fingerprint density at radius 2 is 2.11 bits per heavy atom. The Hall–Kier alpha value is -1.89. The van der Waals surface area contributed by atoms with Crippen molar-refractivity contribution >= 4 is 0 Å². The molecule has 102 valence electrons.